The number of nitrogens with zero attached hydrogens (tertiary/aromatic N) is 1. The molecular weight excluding hydrogens is 296 g/mol. The van der Waals surface area contributed by atoms with E-state index >= 15 is 0 Å². The number of hydrogen-bond donors (Lipinski definition) is 1. The summed E-state index contributed by atoms with van der Waals surface area (Å²) in [4.78, 5) is 14.0. The first-order chi connectivity index (χ1) is 10.5. The van der Waals surface area contributed by atoms with Gasteiger partial charge in [0.1, 0.15) is 11.4 Å². The van der Waals surface area contributed by atoms with Gasteiger partial charge in [0.15, 0.2) is 5.11 Å². The van der Waals surface area contributed by atoms with Crippen LogP contribution in [0.15, 0.2) is 30.0 Å². The lowest BCUT2D eigenvalue weighted by Gasteiger charge is -2.13. The Bertz CT molecular complexity index is 596. The number of rotatable bonds is 6. The minimum Gasteiger partial charge on any atom is -0.490 e. The zero-order chi connectivity index (χ0) is 16.1. The fourth-order valence-corrected chi connectivity index (χ4v) is 2.49. The number of amides is 1. The third-order valence-electron chi connectivity index (χ3n) is 3.28. The van der Waals surface area contributed by atoms with Gasteiger partial charge in [0.2, 0.25) is 0 Å². The van der Waals surface area contributed by atoms with E-state index in [-0.39, 0.29) is 12.0 Å². The fourth-order valence-electron chi connectivity index (χ4n) is 2.21. The zero-order valence-electron chi connectivity index (χ0n) is 13.3. The smallest absolute Gasteiger partial charge is 0.276 e. The van der Waals surface area contributed by atoms with Crippen molar-refractivity contribution >= 4 is 29.3 Å². The van der Waals surface area contributed by atoms with Crippen molar-refractivity contribution in [1.29, 1.82) is 0 Å². The average Bonchev–Trinajstić information content (AvgIpc) is 2.73. The number of carbonyl (C=O) groups is 1. The molecule has 0 radical (unpaired) electrons. The molecule has 1 aliphatic rings. The Kier molecular flexibility index (Phi) is 5.55. The molecule has 1 aromatic carbocycles. The molecule has 4 nitrogen and oxygen atoms in total. The summed E-state index contributed by atoms with van der Waals surface area (Å²) < 4.78 is 5.78. The summed E-state index contributed by atoms with van der Waals surface area (Å²) in [5, 5.41) is 3.48. The molecule has 1 aliphatic heterocycles. The Morgan fingerprint density at radius 2 is 2.09 bits per heavy atom. The van der Waals surface area contributed by atoms with E-state index in [9.17, 15) is 4.79 Å². The monoisotopic (exact) mass is 318 g/mol. The van der Waals surface area contributed by atoms with Crippen LogP contribution < -0.4 is 10.1 Å². The topological polar surface area (TPSA) is 41.6 Å². The lowest BCUT2D eigenvalue weighted by atomic mass is 10.1. The zero-order valence-corrected chi connectivity index (χ0v) is 14.1. The van der Waals surface area contributed by atoms with Crippen molar-refractivity contribution in [2.24, 2.45) is 0 Å². The summed E-state index contributed by atoms with van der Waals surface area (Å²) in [6.45, 7) is 6.70. The highest BCUT2D eigenvalue weighted by molar-refractivity contribution is 7.80. The molecule has 5 heteroatoms. The predicted octanol–water partition coefficient (Wildman–Crippen LogP) is 3.33. The number of thiocarbonyl (C=S) groups is 1. The number of nitrogens with one attached hydrogen (secondary N) is 1. The van der Waals surface area contributed by atoms with Gasteiger partial charge in [0, 0.05) is 12.1 Å². The van der Waals surface area contributed by atoms with Gasteiger partial charge in [-0.1, -0.05) is 31.5 Å². The molecule has 0 bridgehead atoms. The van der Waals surface area contributed by atoms with Crippen LogP contribution in [0, 0.1) is 0 Å². The molecule has 1 aromatic rings. The van der Waals surface area contributed by atoms with E-state index in [1.165, 1.54) is 0 Å². The summed E-state index contributed by atoms with van der Waals surface area (Å²) in [6, 6.07) is 7.67. The normalized spacial score (nSPS) is 16.5. The third kappa shape index (κ3) is 3.85. The second kappa shape index (κ2) is 7.40. The number of carbonyl (C=O) groups excluding carboxylic acids is 1. The predicted molar refractivity (Wildman–Crippen MR) is 92.5 cm³/mol. The molecule has 0 aliphatic carbocycles. The van der Waals surface area contributed by atoms with Crippen LogP contribution in [0.4, 0.5) is 0 Å². The lowest BCUT2D eigenvalue weighted by Crippen LogP contribution is -2.31. The SMILES string of the molecule is CCCCN1C(=O)/C(=C\c2ccccc2OC(C)C)NC1=S. The standard InChI is InChI=1S/C17H22N2O2S/c1-4-5-10-19-16(20)14(18-17(19)22)11-13-8-6-7-9-15(13)21-12(2)3/h6-9,11-12H,4-5,10H2,1-3H3,(H,18,22)/b14-11+. The Labute approximate surface area is 137 Å². The van der Waals surface area contributed by atoms with Gasteiger partial charge in [-0.05, 0) is 44.6 Å². The number of benzene rings is 1. The van der Waals surface area contributed by atoms with E-state index < -0.39 is 0 Å². The maximum atomic E-state index is 12.4. The van der Waals surface area contributed by atoms with Gasteiger partial charge in [-0.3, -0.25) is 9.69 Å². The van der Waals surface area contributed by atoms with E-state index in [1.807, 2.05) is 38.1 Å². The van der Waals surface area contributed by atoms with Gasteiger partial charge >= 0.3 is 0 Å². The highest BCUT2D eigenvalue weighted by atomic mass is 32.1. The lowest BCUT2D eigenvalue weighted by molar-refractivity contribution is -0.122. The van der Waals surface area contributed by atoms with E-state index in [1.54, 1.807) is 11.0 Å². The van der Waals surface area contributed by atoms with Gasteiger partial charge in [-0.15, -0.1) is 0 Å². The molecule has 2 rings (SSSR count). The molecule has 0 saturated carbocycles. The van der Waals surface area contributed by atoms with Crippen molar-refractivity contribution in [3.63, 3.8) is 0 Å². The summed E-state index contributed by atoms with van der Waals surface area (Å²) in [5.41, 5.74) is 1.37. The van der Waals surface area contributed by atoms with Crippen LogP contribution in [-0.2, 0) is 4.79 Å². The van der Waals surface area contributed by atoms with Gasteiger partial charge in [0.25, 0.3) is 5.91 Å². The first-order valence-electron chi connectivity index (χ1n) is 7.63. The summed E-state index contributed by atoms with van der Waals surface area (Å²) in [7, 11) is 0. The molecule has 1 saturated heterocycles. The van der Waals surface area contributed by atoms with Gasteiger partial charge < -0.3 is 10.1 Å². The van der Waals surface area contributed by atoms with Crippen LogP contribution in [0.2, 0.25) is 0 Å². The molecule has 0 atom stereocenters. The van der Waals surface area contributed by atoms with Crippen molar-refractivity contribution in [3.8, 4) is 5.75 Å². The summed E-state index contributed by atoms with van der Waals surface area (Å²) in [5.74, 6) is 0.690. The van der Waals surface area contributed by atoms with Crippen LogP contribution in [0.5, 0.6) is 5.75 Å². The molecule has 1 heterocycles. The van der Waals surface area contributed by atoms with E-state index in [4.69, 9.17) is 17.0 Å². The maximum Gasteiger partial charge on any atom is 0.276 e. The second-order valence-electron chi connectivity index (χ2n) is 5.50. The van der Waals surface area contributed by atoms with Crippen molar-refractivity contribution in [2.45, 2.75) is 39.7 Å². The number of ether oxygens (including phenoxy) is 1. The summed E-state index contributed by atoms with van der Waals surface area (Å²) in [6.07, 6.45) is 3.84. The van der Waals surface area contributed by atoms with Crippen LogP contribution in [-0.4, -0.2) is 28.6 Å². The first kappa shape index (κ1) is 16.5. The van der Waals surface area contributed by atoms with Crippen LogP contribution >= 0.6 is 12.2 Å². The van der Waals surface area contributed by atoms with Crippen LogP contribution in [0.3, 0.4) is 0 Å². The molecule has 0 unspecified atom stereocenters. The van der Waals surface area contributed by atoms with Gasteiger partial charge in [0.05, 0.1) is 6.10 Å². The molecule has 0 spiro atoms. The molecule has 1 amide bonds. The molecule has 1 N–H and O–H groups in total. The molecule has 22 heavy (non-hydrogen) atoms. The van der Waals surface area contributed by atoms with Crippen molar-refractivity contribution < 1.29 is 9.53 Å². The van der Waals surface area contributed by atoms with Crippen molar-refractivity contribution in [1.82, 2.24) is 10.2 Å². The average molecular weight is 318 g/mol. The van der Waals surface area contributed by atoms with Crippen LogP contribution in [0.1, 0.15) is 39.2 Å². The quantitative estimate of drug-likeness (QED) is 0.645. The number of hydrogen-bond acceptors (Lipinski definition) is 3. The van der Waals surface area contributed by atoms with Crippen LogP contribution in [0.25, 0.3) is 6.08 Å². The Hall–Kier alpha value is -1.88. The minimum atomic E-state index is -0.0715. The highest BCUT2D eigenvalue weighted by Crippen LogP contribution is 2.23. The van der Waals surface area contributed by atoms with Gasteiger partial charge in [-0.25, -0.2) is 0 Å². The number of para-hydroxylation sites is 1. The Balaban J connectivity index is 2.23. The minimum absolute atomic E-state index is 0.0715. The Morgan fingerprint density at radius 3 is 2.77 bits per heavy atom. The second-order valence-corrected chi connectivity index (χ2v) is 5.89. The fraction of sp³-hybridized carbons (Fsp3) is 0.412. The maximum absolute atomic E-state index is 12.4. The van der Waals surface area contributed by atoms with Gasteiger partial charge in [-0.2, -0.15) is 0 Å². The van der Waals surface area contributed by atoms with E-state index in [2.05, 4.69) is 12.2 Å². The Morgan fingerprint density at radius 1 is 1.36 bits per heavy atom. The first-order valence-corrected chi connectivity index (χ1v) is 8.04. The molecular formula is C17H22N2O2S. The van der Waals surface area contributed by atoms with E-state index in [0.717, 1.165) is 24.2 Å². The molecule has 0 aromatic heterocycles. The summed E-state index contributed by atoms with van der Waals surface area (Å²) >= 11 is 5.25. The molecule has 118 valence electrons. The molecule has 1 fully saturated rings. The largest absolute Gasteiger partial charge is 0.490 e. The number of unbranched alkanes of at least 4 members (excludes halogenated alkanes) is 1. The highest BCUT2D eigenvalue weighted by Gasteiger charge is 2.30. The van der Waals surface area contributed by atoms with E-state index in [0.29, 0.717) is 17.4 Å². The third-order valence-corrected chi connectivity index (χ3v) is 3.60. The van der Waals surface area contributed by atoms with Crippen molar-refractivity contribution in [2.75, 3.05) is 6.54 Å². The van der Waals surface area contributed by atoms with Crippen molar-refractivity contribution in [3.05, 3.63) is 35.5 Å².